The van der Waals surface area contributed by atoms with Crippen LogP contribution < -0.4 is 5.32 Å². The number of hydrogen-bond donors (Lipinski definition) is 2. The van der Waals surface area contributed by atoms with Crippen LogP contribution in [-0.4, -0.2) is 58.0 Å². The smallest absolute Gasteiger partial charge is 0.272 e. The number of aliphatic hydroxyl groups excluding tert-OH is 1. The number of aromatic nitrogens is 2. The molecule has 7 nitrogen and oxygen atoms in total. The Labute approximate surface area is 126 Å². The molecule has 116 valence electrons. The van der Waals surface area contributed by atoms with E-state index in [-0.39, 0.29) is 30.8 Å². The molecule has 7 heteroatoms. The molecule has 2 saturated heterocycles. The minimum absolute atomic E-state index is 0.245. The number of aryl methyl sites for hydroxylation is 1. The zero-order valence-corrected chi connectivity index (χ0v) is 12.1. The topological polar surface area (TPSA) is 85.1 Å². The summed E-state index contributed by atoms with van der Waals surface area (Å²) in [4.78, 5) is 16.9. The largest absolute Gasteiger partial charge is 0.388 e. The van der Waals surface area contributed by atoms with Crippen molar-refractivity contribution in [1.29, 1.82) is 0 Å². The van der Waals surface area contributed by atoms with E-state index in [1.807, 2.05) is 35.7 Å². The highest BCUT2D eigenvalue weighted by molar-refractivity contribution is 5.94. The summed E-state index contributed by atoms with van der Waals surface area (Å²) < 4.78 is 12.9. The molecule has 2 fully saturated rings. The van der Waals surface area contributed by atoms with Gasteiger partial charge in [-0.2, -0.15) is 0 Å². The Morgan fingerprint density at radius 1 is 1.36 bits per heavy atom. The maximum absolute atomic E-state index is 12.5. The predicted octanol–water partition coefficient (Wildman–Crippen LogP) is -0.100. The minimum atomic E-state index is -0.621. The summed E-state index contributed by atoms with van der Waals surface area (Å²) in [6.45, 7) is 2.44. The summed E-state index contributed by atoms with van der Waals surface area (Å²) in [6.07, 6.45) is 0.604. The van der Waals surface area contributed by atoms with Crippen molar-refractivity contribution in [3.8, 4) is 0 Å². The lowest BCUT2D eigenvalue weighted by atomic mass is 10.1. The summed E-state index contributed by atoms with van der Waals surface area (Å²) in [7, 11) is 0. The van der Waals surface area contributed by atoms with Crippen LogP contribution in [0.5, 0.6) is 0 Å². The van der Waals surface area contributed by atoms with E-state index < -0.39 is 6.10 Å². The molecule has 0 bridgehead atoms. The third-order valence-corrected chi connectivity index (χ3v) is 4.33. The van der Waals surface area contributed by atoms with E-state index in [1.54, 1.807) is 0 Å². The van der Waals surface area contributed by atoms with Crippen molar-refractivity contribution in [1.82, 2.24) is 14.7 Å². The lowest BCUT2D eigenvalue weighted by molar-refractivity contribution is 0.0178. The molecule has 0 saturated carbocycles. The molecule has 0 aromatic carbocycles. The number of hydrogen-bond acceptors (Lipinski definition) is 5. The molecule has 2 aliphatic heterocycles. The van der Waals surface area contributed by atoms with Crippen LogP contribution in [0.25, 0.3) is 5.65 Å². The highest BCUT2D eigenvalue weighted by Crippen LogP contribution is 2.27. The Morgan fingerprint density at radius 2 is 2.18 bits per heavy atom. The summed E-state index contributed by atoms with van der Waals surface area (Å²) in [6, 6.07) is 5.37. The predicted molar refractivity (Wildman–Crippen MR) is 76.7 cm³/mol. The highest BCUT2D eigenvalue weighted by atomic mass is 16.6. The van der Waals surface area contributed by atoms with Crippen molar-refractivity contribution >= 4 is 11.6 Å². The van der Waals surface area contributed by atoms with Gasteiger partial charge in [0.2, 0.25) is 0 Å². The van der Waals surface area contributed by atoms with Crippen molar-refractivity contribution in [3.05, 3.63) is 35.8 Å². The number of ether oxygens (including phenoxy) is 2. The summed E-state index contributed by atoms with van der Waals surface area (Å²) in [5.74, 6) is -0.250. The lowest BCUT2D eigenvalue weighted by Crippen LogP contribution is -2.44. The van der Waals surface area contributed by atoms with Crippen molar-refractivity contribution in [3.63, 3.8) is 0 Å². The molecule has 2 N–H and O–H groups in total. The van der Waals surface area contributed by atoms with Gasteiger partial charge in [0, 0.05) is 6.20 Å². The van der Waals surface area contributed by atoms with Crippen molar-refractivity contribution in [2.45, 2.75) is 31.3 Å². The second-order valence-corrected chi connectivity index (χ2v) is 5.72. The van der Waals surface area contributed by atoms with E-state index in [0.29, 0.717) is 12.3 Å². The van der Waals surface area contributed by atoms with Gasteiger partial charge in [0.1, 0.15) is 29.7 Å². The first-order valence-electron chi connectivity index (χ1n) is 7.31. The number of carbonyl (C=O) groups excluding carboxylic acids is 1. The standard InChI is InChI=1S/C15H17N3O4/c1-8-12(17-11-4-2-3-5-18(8)11)15(20)16-9-6-21-14-10(19)7-22-13(9)14/h2-5,9-10,13-14,19H,6-7H2,1H3,(H,16,20)/t9-,10-,13-,14-/m1/s1. The van der Waals surface area contributed by atoms with E-state index in [4.69, 9.17) is 9.47 Å². The molecule has 0 unspecified atom stereocenters. The highest BCUT2D eigenvalue weighted by Gasteiger charge is 2.47. The number of carbonyl (C=O) groups is 1. The van der Waals surface area contributed by atoms with Gasteiger partial charge in [0.15, 0.2) is 0 Å². The number of amides is 1. The van der Waals surface area contributed by atoms with Crippen molar-refractivity contribution in [2.75, 3.05) is 13.2 Å². The molecule has 2 aromatic rings. The molecule has 22 heavy (non-hydrogen) atoms. The number of fused-ring (bicyclic) bond motifs is 2. The summed E-state index contributed by atoms with van der Waals surface area (Å²) in [5.41, 5.74) is 1.92. The van der Waals surface area contributed by atoms with Crippen LogP contribution in [0, 0.1) is 6.92 Å². The Kier molecular flexibility index (Phi) is 3.14. The second kappa shape index (κ2) is 5.05. The second-order valence-electron chi connectivity index (χ2n) is 5.72. The fourth-order valence-corrected chi connectivity index (χ4v) is 3.17. The van der Waals surface area contributed by atoms with Crippen LogP contribution >= 0.6 is 0 Å². The summed E-state index contributed by atoms with van der Waals surface area (Å²) in [5, 5.41) is 12.6. The number of rotatable bonds is 2. The number of nitrogens with one attached hydrogen (secondary N) is 1. The molecular weight excluding hydrogens is 286 g/mol. The van der Waals surface area contributed by atoms with Crippen LogP contribution in [-0.2, 0) is 9.47 Å². The van der Waals surface area contributed by atoms with Crippen LogP contribution in [0.3, 0.4) is 0 Å². The quantitative estimate of drug-likeness (QED) is 0.809. The third-order valence-electron chi connectivity index (χ3n) is 4.33. The molecule has 1 amide bonds. The van der Waals surface area contributed by atoms with Gasteiger partial charge in [-0.1, -0.05) is 6.07 Å². The van der Waals surface area contributed by atoms with E-state index in [2.05, 4.69) is 10.3 Å². The Hall–Kier alpha value is -1.96. The van der Waals surface area contributed by atoms with Crippen molar-refractivity contribution in [2.24, 2.45) is 0 Å². The first-order valence-corrected chi connectivity index (χ1v) is 7.31. The van der Waals surface area contributed by atoms with E-state index >= 15 is 0 Å². The van der Waals surface area contributed by atoms with E-state index in [0.717, 1.165) is 11.3 Å². The lowest BCUT2D eigenvalue weighted by Gasteiger charge is -2.16. The number of pyridine rings is 1. The van der Waals surface area contributed by atoms with Gasteiger partial charge in [-0.05, 0) is 19.1 Å². The average molecular weight is 303 g/mol. The van der Waals surface area contributed by atoms with Crippen LogP contribution in [0.15, 0.2) is 24.4 Å². The normalized spacial score (nSPS) is 30.6. The zero-order chi connectivity index (χ0) is 15.3. The maximum atomic E-state index is 12.5. The average Bonchev–Trinajstić information content (AvgIpc) is 3.17. The molecule has 4 heterocycles. The molecule has 4 rings (SSSR count). The van der Waals surface area contributed by atoms with E-state index in [9.17, 15) is 9.90 Å². The molecule has 0 spiro atoms. The molecular formula is C15H17N3O4. The van der Waals surface area contributed by atoms with Crippen LogP contribution in [0.2, 0.25) is 0 Å². The first-order chi connectivity index (χ1) is 10.6. The molecule has 0 aliphatic carbocycles. The zero-order valence-electron chi connectivity index (χ0n) is 12.1. The SMILES string of the molecule is Cc1c(C(=O)N[C@@H]2CO[C@H]3[C@@H]2OC[C@H]3O)nc2ccccn12. The van der Waals surface area contributed by atoms with E-state index in [1.165, 1.54) is 0 Å². The van der Waals surface area contributed by atoms with Gasteiger partial charge in [-0.15, -0.1) is 0 Å². The van der Waals surface area contributed by atoms with Gasteiger partial charge in [-0.3, -0.25) is 4.79 Å². The first kappa shape index (κ1) is 13.7. The van der Waals surface area contributed by atoms with Gasteiger partial charge < -0.3 is 24.3 Å². The van der Waals surface area contributed by atoms with Crippen molar-refractivity contribution < 1.29 is 19.4 Å². The van der Waals surface area contributed by atoms with Gasteiger partial charge >= 0.3 is 0 Å². The number of nitrogens with zero attached hydrogens (tertiary/aromatic N) is 2. The molecule has 4 atom stereocenters. The Bertz CT molecular complexity index is 729. The minimum Gasteiger partial charge on any atom is -0.388 e. The Balaban J connectivity index is 1.56. The monoisotopic (exact) mass is 303 g/mol. The Morgan fingerprint density at radius 3 is 3.00 bits per heavy atom. The van der Waals surface area contributed by atoms with Gasteiger partial charge in [0.25, 0.3) is 5.91 Å². The third kappa shape index (κ3) is 2.01. The van der Waals surface area contributed by atoms with Crippen LogP contribution in [0.1, 0.15) is 16.2 Å². The number of imidazole rings is 1. The molecule has 0 radical (unpaired) electrons. The molecule has 2 aromatic heterocycles. The van der Waals surface area contributed by atoms with Crippen LogP contribution in [0.4, 0.5) is 0 Å². The number of aliphatic hydroxyl groups is 1. The van der Waals surface area contributed by atoms with Gasteiger partial charge in [-0.25, -0.2) is 4.98 Å². The summed E-state index contributed by atoms with van der Waals surface area (Å²) >= 11 is 0. The van der Waals surface area contributed by atoms with Gasteiger partial charge in [0.05, 0.1) is 24.9 Å². The molecule has 2 aliphatic rings. The maximum Gasteiger partial charge on any atom is 0.272 e. The fraction of sp³-hybridized carbons (Fsp3) is 0.467. The fourth-order valence-electron chi connectivity index (χ4n) is 3.17.